The van der Waals surface area contributed by atoms with Gasteiger partial charge in [0.25, 0.3) is 0 Å². The van der Waals surface area contributed by atoms with Crippen molar-refractivity contribution in [3.05, 3.63) is 35.6 Å². The zero-order chi connectivity index (χ0) is 10.6. The summed E-state index contributed by atoms with van der Waals surface area (Å²) in [5.41, 5.74) is 6.60. The highest BCUT2D eigenvalue weighted by molar-refractivity contribution is 5.18. The fourth-order valence-corrected chi connectivity index (χ4v) is 1.45. The molecule has 14 heavy (non-hydrogen) atoms. The average Bonchev–Trinajstić information content (AvgIpc) is 2.08. The van der Waals surface area contributed by atoms with E-state index >= 15 is 0 Å². The molecule has 0 spiro atoms. The molecule has 2 N–H and O–H groups in total. The van der Waals surface area contributed by atoms with Gasteiger partial charge in [-0.15, -0.1) is 0 Å². The Kier molecular flexibility index (Phi) is 3.61. The van der Waals surface area contributed by atoms with Crippen LogP contribution in [0.5, 0.6) is 0 Å². The maximum Gasteiger partial charge on any atom is 0.123 e. The lowest BCUT2D eigenvalue weighted by Gasteiger charge is -2.23. The van der Waals surface area contributed by atoms with Crippen molar-refractivity contribution in [3.63, 3.8) is 0 Å². The largest absolute Gasteiger partial charge is 0.383 e. The summed E-state index contributed by atoms with van der Waals surface area (Å²) in [7, 11) is 1.62. The highest BCUT2D eigenvalue weighted by Crippen LogP contribution is 2.11. The molecule has 0 saturated heterocycles. The summed E-state index contributed by atoms with van der Waals surface area (Å²) in [6, 6.07) is 6.38. The smallest absolute Gasteiger partial charge is 0.123 e. The molecule has 2 nitrogen and oxygen atoms in total. The second-order valence-electron chi connectivity index (χ2n) is 3.89. The molecule has 0 aliphatic carbocycles. The molecule has 1 atom stereocenters. The molecular weight excluding hydrogens is 181 g/mol. The van der Waals surface area contributed by atoms with Gasteiger partial charge in [0.05, 0.1) is 6.61 Å². The van der Waals surface area contributed by atoms with Crippen molar-refractivity contribution in [2.45, 2.75) is 18.9 Å². The van der Waals surface area contributed by atoms with Crippen LogP contribution in [-0.4, -0.2) is 19.3 Å². The molecule has 0 amide bonds. The van der Waals surface area contributed by atoms with Crippen molar-refractivity contribution in [3.8, 4) is 0 Å². The van der Waals surface area contributed by atoms with Gasteiger partial charge >= 0.3 is 0 Å². The van der Waals surface area contributed by atoms with E-state index in [1.165, 1.54) is 12.1 Å². The molecule has 3 heteroatoms. The van der Waals surface area contributed by atoms with E-state index in [1.807, 2.05) is 6.92 Å². The van der Waals surface area contributed by atoms with Gasteiger partial charge in [0.2, 0.25) is 0 Å². The van der Waals surface area contributed by atoms with Crippen molar-refractivity contribution < 1.29 is 9.13 Å². The minimum Gasteiger partial charge on any atom is -0.383 e. The van der Waals surface area contributed by atoms with E-state index in [-0.39, 0.29) is 5.82 Å². The van der Waals surface area contributed by atoms with Gasteiger partial charge < -0.3 is 10.5 Å². The second kappa shape index (κ2) is 4.53. The number of hydrogen-bond acceptors (Lipinski definition) is 2. The first-order valence-electron chi connectivity index (χ1n) is 4.56. The fourth-order valence-electron chi connectivity index (χ4n) is 1.45. The first-order valence-corrected chi connectivity index (χ1v) is 4.56. The first kappa shape index (κ1) is 11.1. The third-order valence-electron chi connectivity index (χ3n) is 2.00. The Bertz CT molecular complexity index is 282. The number of hydrogen-bond donors (Lipinski definition) is 1. The minimum atomic E-state index is -0.396. The lowest BCUT2D eigenvalue weighted by atomic mass is 9.95. The highest BCUT2D eigenvalue weighted by atomic mass is 19.1. The summed E-state index contributed by atoms with van der Waals surface area (Å²) in [5, 5.41) is 0. The fraction of sp³-hybridized carbons (Fsp3) is 0.455. The van der Waals surface area contributed by atoms with E-state index < -0.39 is 5.54 Å². The van der Waals surface area contributed by atoms with Crippen molar-refractivity contribution >= 4 is 0 Å². The van der Waals surface area contributed by atoms with Crippen LogP contribution in [0.25, 0.3) is 0 Å². The molecule has 1 aromatic carbocycles. The van der Waals surface area contributed by atoms with Crippen LogP contribution in [0.15, 0.2) is 24.3 Å². The van der Waals surface area contributed by atoms with E-state index in [4.69, 9.17) is 10.5 Å². The zero-order valence-corrected chi connectivity index (χ0v) is 8.59. The summed E-state index contributed by atoms with van der Waals surface area (Å²) < 4.78 is 17.6. The summed E-state index contributed by atoms with van der Waals surface area (Å²) >= 11 is 0. The first-order chi connectivity index (χ1) is 6.53. The Balaban J connectivity index is 2.64. The Hall–Kier alpha value is -0.930. The SMILES string of the molecule is COCC(C)(N)Cc1ccc(F)cc1. The number of halogens is 1. The van der Waals surface area contributed by atoms with E-state index in [9.17, 15) is 4.39 Å². The lowest BCUT2D eigenvalue weighted by molar-refractivity contribution is 0.141. The van der Waals surface area contributed by atoms with Crippen LogP contribution in [0, 0.1) is 5.82 Å². The molecule has 0 heterocycles. The number of ether oxygens (including phenoxy) is 1. The van der Waals surface area contributed by atoms with Crippen LogP contribution in [0.4, 0.5) is 4.39 Å². The third-order valence-corrected chi connectivity index (χ3v) is 2.00. The summed E-state index contributed by atoms with van der Waals surface area (Å²) in [5.74, 6) is -0.223. The van der Waals surface area contributed by atoms with E-state index in [0.29, 0.717) is 13.0 Å². The van der Waals surface area contributed by atoms with Gasteiger partial charge in [-0.25, -0.2) is 4.39 Å². The summed E-state index contributed by atoms with van der Waals surface area (Å²) in [6.07, 6.45) is 0.682. The van der Waals surface area contributed by atoms with Crippen LogP contribution in [-0.2, 0) is 11.2 Å². The molecule has 0 aliphatic heterocycles. The Morgan fingerprint density at radius 3 is 2.43 bits per heavy atom. The normalized spacial score (nSPS) is 15.1. The minimum absolute atomic E-state index is 0.223. The molecule has 1 unspecified atom stereocenters. The number of rotatable bonds is 4. The topological polar surface area (TPSA) is 35.2 Å². The Labute approximate surface area is 83.9 Å². The zero-order valence-electron chi connectivity index (χ0n) is 8.59. The Morgan fingerprint density at radius 2 is 1.93 bits per heavy atom. The molecule has 0 aliphatic rings. The number of nitrogens with two attached hydrogens (primary N) is 1. The van der Waals surface area contributed by atoms with Crippen LogP contribution in [0.3, 0.4) is 0 Å². The predicted octanol–water partition coefficient (Wildman–Crippen LogP) is 1.73. The van der Waals surface area contributed by atoms with Crippen molar-refractivity contribution in [2.75, 3.05) is 13.7 Å². The monoisotopic (exact) mass is 197 g/mol. The van der Waals surface area contributed by atoms with Gasteiger partial charge in [-0.2, -0.15) is 0 Å². The van der Waals surface area contributed by atoms with Gasteiger partial charge in [0.15, 0.2) is 0 Å². The molecule has 78 valence electrons. The molecule has 0 radical (unpaired) electrons. The van der Waals surface area contributed by atoms with Crippen LogP contribution in [0.2, 0.25) is 0 Å². The van der Waals surface area contributed by atoms with E-state index in [0.717, 1.165) is 5.56 Å². The molecule has 0 saturated carbocycles. The molecule has 0 fully saturated rings. The van der Waals surface area contributed by atoms with Gasteiger partial charge in [-0.1, -0.05) is 12.1 Å². The quantitative estimate of drug-likeness (QED) is 0.797. The molecule has 0 aromatic heterocycles. The van der Waals surface area contributed by atoms with Crippen molar-refractivity contribution in [1.29, 1.82) is 0 Å². The number of methoxy groups -OCH3 is 1. The van der Waals surface area contributed by atoms with Crippen LogP contribution >= 0.6 is 0 Å². The van der Waals surface area contributed by atoms with Crippen molar-refractivity contribution in [1.82, 2.24) is 0 Å². The standard InChI is InChI=1S/C11H16FNO/c1-11(13,8-14-2)7-9-3-5-10(12)6-4-9/h3-6H,7-8,13H2,1-2H3. The average molecular weight is 197 g/mol. The second-order valence-corrected chi connectivity index (χ2v) is 3.89. The molecule has 1 aromatic rings. The molecule has 1 rings (SSSR count). The Morgan fingerprint density at radius 1 is 1.36 bits per heavy atom. The number of benzene rings is 1. The van der Waals surface area contributed by atoms with Crippen LogP contribution in [0.1, 0.15) is 12.5 Å². The van der Waals surface area contributed by atoms with Crippen LogP contribution < -0.4 is 5.73 Å². The van der Waals surface area contributed by atoms with E-state index in [1.54, 1.807) is 19.2 Å². The predicted molar refractivity (Wildman–Crippen MR) is 54.6 cm³/mol. The molecular formula is C11H16FNO. The van der Waals surface area contributed by atoms with Crippen molar-refractivity contribution in [2.24, 2.45) is 5.73 Å². The van der Waals surface area contributed by atoms with Gasteiger partial charge in [-0.05, 0) is 31.0 Å². The maximum absolute atomic E-state index is 12.6. The van der Waals surface area contributed by atoms with E-state index in [2.05, 4.69) is 0 Å². The maximum atomic E-state index is 12.6. The molecule has 0 bridgehead atoms. The lowest BCUT2D eigenvalue weighted by Crippen LogP contribution is -2.43. The summed E-state index contributed by atoms with van der Waals surface area (Å²) in [6.45, 7) is 2.41. The van der Waals surface area contributed by atoms with Gasteiger partial charge in [0.1, 0.15) is 5.82 Å². The third kappa shape index (κ3) is 3.44. The van der Waals surface area contributed by atoms with Gasteiger partial charge in [-0.3, -0.25) is 0 Å². The highest BCUT2D eigenvalue weighted by Gasteiger charge is 2.18. The van der Waals surface area contributed by atoms with Gasteiger partial charge in [0, 0.05) is 12.6 Å². The summed E-state index contributed by atoms with van der Waals surface area (Å²) in [4.78, 5) is 0.